The number of benzene rings is 3. The summed E-state index contributed by atoms with van der Waals surface area (Å²) < 4.78 is 17.2. The van der Waals surface area contributed by atoms with Gasteiger partial charge in [-0.3, -0.25) is 0 Å². The third kappa shape index (κ3) is 6.17. The highest BCUT2D eigenvalue weighted by atomic mass is 16.5. The molecule has 26 heavy (non-hydrogen) atoms. The molecule has 3 aromatic rings. The zero-order valence-corrected chi connectivity index (χ0v) is 14.8. The van der Waals surface area contributed by atoms with Crippen LogP contribution < -0.4 is 14.2 Å². The number of para-hydroxylation sites is 1. The van der Waals surface area contributed by atoms with E-state index in [1.165, 1.54) is 0 Å². The summed E-state index contributed by atoms with van der Waals surface area (Å²) in [5.41, 5.74) is 1.16. The molecule has 134 valence electrons. The van der Waals surface area contributed by atoms with Crippen molar-refractivity contribution in [2.75, 3.05) is 13.2 Å². The van der Waals surface area contributed by atoms with Crippen molar-refractivity contribution in [1.29, 1.82) is 0 Å². The minimum atomic E-state index is 0.572. The van der Waals surface area contributed by atoms with Crippen molar-refractivity contribution >= 4 is 0 Å². The van der Waals surface area contributed by atoms with Gasteiger partial charge in [0, 0.05) is 0 Å². The van der Waals surface area contributed by atoms with Crippen LogP contribution in [-0.4, -0.2) is 13.2 Å². The lowest BCUT2D eigenvalue weighted by Gasteiger charge is -2.09. The van der Waals surface area contributed by atoms with Gasteiger partial charge < -0.3 is 14.2 Å². The molecule has 0 aliphatic carbocycles. The van der Waals surface area contributed by atoms with Crippen LogP contribution in [0.1, 0.15) is 18.4 Å². The van der Waals surface area contributed by atoms with Crippen molar-refractivity contribution in [2.45, 2.75) is 19.4 Å². The second-order valence-corrected chi connectivity index (χ2v) is 5.96. The van der Waals surface area contributed by atoms with E-state index in [-0.39, 0.29) is 0 Å². The molecule has 0 aromatic heterocycles. The van der Waals surface area contributed by atoms with E-state index in [0.717, 1.165) is 35.7 Å². The van der Waals surface area contributed by atoms with Crippen LogP contribution in [0, 0.1) is 0 Å². The van der Waals surface area contributed by atoms with Crippen LogP contribution >= 0.6 is 0 Å². The molecule has 3 rings (SSSR count). The molecule has 0 radical (unpaired) electrons. The Labute approximate surface area is 155 Å². The Kier molecular flexibility index (Phi) is 6.97. The molecular formula is C23H24O3. The summed E-state index contributed by atoms with van der Waals surface area (Å²) in [6, 6.07) is 27.8. The maximum Gasteiger partial charge on any atom is 0.120 e. The van der Waals surface area contributed by atoms with Crippen LogP contribution in [0.5, 0.6) is 17.2 Å². The van der Waals surface area contributed by atoms with Crippen molar-refractivity contribution in [2.24, 2.45) is 0 Å². The molecule has 0 unspecified atom stereocenters. The largest absolute Gasteiger partial charge is 0.494 e. The molecule has 0 bridgehead atoms. The maximum atomic E-state index is 5.77. The number of rotatable bonds is 10. The predicted molar refractivity (Wildman–Crippen MR) is 104 cm³/mol. The van der Waals surface area contributed by atoms with E-state index in [9.17, 15) is 0 Å². The molecule has 0 N–H and O–H groups in total. The van der Waals surface area contributed by atoms with Crippen molar-refractivity contribution in [1.82, 2.24) is 0 Å². The van der Waals surface area contributed by atoms with E-state index >= 15 is 0 Å². The van der Waals surface area contributed by atoms with Crippen LogP contribution in [-0.2, 0) is 6.61 Å². The summed E-state index contributed by atoms with van der Waals surface area (Å²) >= 11 is 0. The van der Waals surface area contributed by atoms with Gasteiger partial charge in [-0.1, -0.05) is 48.5 Å². The normalized spacial score (nSPS) is 10.3. The number of ether oxygens (including phenoxy) is 3. The number of hydrogen-bond acceptors (Lipinski definition) is 3. The lowest BCUT2D eigenvalue weighted by Crippen LogP contribution is -2.02. The molecule has 0 amide bonds. The molecular weight excluding hydrogens is 324 g/mol. The average Bonchev–Trinajstić information content (AvgIpc) is 2.71. The van der Waals surface area contributed by atoms with Crippen LogP contribution in [0.25, 0.3) is 0 Å². The van der Waals surface area contributed by atoms with Crippen LogP contribution in [0.4, 0.5) is 0 Å². The Morgan fingerprint density at radius 3 is 1.50 bits per heavy atom. The van der Waals surface area contributed by atoms with E-state index in [1.54, 1.807) is 0 Å². The zero-order chi connectivity index (χ0) is 17.9. The van der Waals surface area contributed by atoms with Gasteiger partial charge in [0.25, 0.3) is 0 Å². The fraction of sp³-hybridized carbons (Fsp3) is 0.217. The first-order chi connectivity index (χ1) is 12.9. The number of hydrogen-bond donors (Lipinski definition) is 0. The summed E-state index contributed by atoms with van der Waals surface area (Å²) in [7, 11) is 0. The van der Waals surface area contributed by atoms with E-state index in [2.05, 4.69) is 12.1 Å². The summed E-state index contributed by atoms with van der Waals surface area (Å²) in [5, 5.41) is 0. The molecule has 3 aromatic carbocycles. The van der Waals surface area contributed by atoms with Gasteiger partial charge in [0.2, 0.25) is 0 Å². The Bertz CT molecular complexity index is 739. The lowest BCUT2D eigenvalue weighted by molar-refractivity contribution is 0.265. The molecule has 0 spiro atoms. The van der Waals surface area contributed by atoms with Crippen molar-refractivity contribution < 1.29 is 14.2 Å². The third-order valence-corrected chi connectivity index (χ3v) is 3.89. The Morgan fingerprint density at radius 2 is 0.923 bits per heavy atom. The van der Waals surface area contributed by atoms with Crippen molar-refractivity contribution in [3.63, 3.8) is 0 Å². The van der Waals surface area contributed by atoms with Gasteiger partial charge >= 0.3 is 0 Å². The Morgan fingerprint density at radius 1 is 0.462 bits per heavy atom. The average molecular weight is 348 g/mol. The second kappa shape index (κ2) is 10.1. The summed E-state index contributed by atoms with van der Waals surface area (Å²) in [6.07, 6.45) is 1.92. The van der Waals surface area contributed by atoms with Crippen molar-refractivity contribution in [3.05, 3.63) is 90.5 Å². The summed E-state index contributed by atoms with van der Waals surface area (Å²) in [5.74, 6) is 2.62. The fourth-order valence-corrected chi connectivity index (χ4v) is 2.47. The van der Waals surface area contributed by atoms with Crippen LogP contribution in [0.15, 0.2) is 84.9 Å². The smallest absolute Gasteiger partial charge is 0.120 e. The van der Waals surface area contributed by atoms with E-state index in [0.29, 0.717) is 19.8 Å². The highest BCUT2D eigenvalue weighted by Gasteiger charge is 1.98. The first kappa shape index (κ1) is 17.9. The SMILES string of the molecule is c1ccc(COc2ccc(OCCCCOc3ccccc3)cc2)cc1. The fourth-order valence-electron chi connectivity index (χ4n) is 2.47. The van der Waals surface area contributed by atoms with Crippen molar-refractivity contribution in [3.8, 4) is 17.2 Å². The maximum absolute atomic E-state index is 5.77. The topological polar surface area (TPSA) is 27.7 Å². The monoisotopic (exact) mass is 348 g/mol. The molecule has 3 heteroatoms. The van der Waals surface area contributed by atoms with Gasteiger partial charge in [-0.25, -0.2) is 0 Å². The zero-order valence-electron chi connectivity index (χ0n) is 14.8. The standard InChI is InChI=1S/C23H24O3/c1-3-9-20(10-4-1)19-26-23-15-13-22(14-16-23)25-18-8-7-17-24-21-11-5-2-6-12-21/h1-6,9-16H,7-8,17-19H2. The first-order valence-electron chi connectivity index (χ1n) is 8.97. The molecule has 0 heterocycles. The predicted octanol–water partition coefficient (Wildman–Crippen LogP) is 5.50. The van der Waals surface area contributed by atoms with Gasteiger partial charge in [-0.05, 0) is 54.8 Å². The van der Waals surface area contributed by atoms with E-state index in [4.69, 9.17) is 14.2 Å². The van der Waals surface area contributed by atoms with Crippen LogP contribution in [0.2, 0.25) is 0 Å². The summed E-state index contributed by atoms with van der Waals surface area (Å²) in [4.78, 5) is 0. The highest BCUT2D eigenvalue weighted by molar-refractivity contribution is 5.31. The van der Waals surface area contributed by atoms with Crippen LogP contribution in [0.3, 0.4) is 0 Å². The van der Waals surface area contributed by atoms with E-state index in [1.807, 2.05) is 72.8 Å². The van der Waals surface area contributed by atoms with Gasteiger partial charge in [0.1, 0.15) is 23.9 Å². The molecule has 0 atom stereocenters. The van der Waals surface area contributed by atoms with Gasteiger partial charge in [0.15, 0.2) is 0 Å². The Hall–Kier alpha value is -2.94. The summed E-state index contributed by atoms with van der Waals surface area (Å²) in [6.45, 7) is 1.96. The van der Waals surface area contributed by atoms with Gasteiger partial charge in [-0.2, -0.15) is 0 Å². The quantitative estimate of drug-likeness (QED) is 0.453. The molecule has 0 aliphatic rings. The molecule has 0 fully saturated rings. The van der Waals surface area contributed by atoms with Gasteiger partial charge in [-0.15, -0.1) is 0 Å². The van der Waals surface area contributed by atoms with E-state index < -0.39 is 0 Å². The van der Waals surface area contributed by atoms with Gasteiger partial charge in [0.05, 0.1) is 13.2 Å². The molecule has 3 nitrogen and oxygen atoms in total. The molecule has 0 saturated heterocycles. The molecule has 0 saturated carbocycles. The number of unbranched alkanes of at least 4 members (excludes halogenated alkanes) is 1. The minimum Gasteiger partial charge on any atom is -0.494 e. The molecule has 0 aliphatic heterocycles. The minimum absolute atomic E-state index is 0.572. The second-order valence-electron chi connectivity index (χ2n) is 5.96. The third-order valence-electron chi connectivity index (χ3n) is 3.89. The first-order valence-corrected chi connectivity index (χ1v) is 8.97. The Balaban J connectivity index is 1.30. The lowest BCUT2D eigenvalue weighted by atomic mass is 10.2. The highest BCUT2D eigenvalue weighted by Crippen LogP contribution is 2.19.